The van der Waals surface area contributed by atoms with Crippen molar-refractivity contribution in [2.24, 2.45) is 7.05 Å². The summed E-state index contributed by atoms with van der Waals surface area (Å²) in [4.78, 5) is 16.3. The second kappa shape index (κ2) is 4.93. The largest absolute Gasteiger partial charge is 0.431 e. The zero-order chi connectivity index (χ0) is 13.2. The van der Waals surface area contributed by atoms with Gasteiger partial charge in [-0.15, -0.1) is 0 Å². The summed E-state index contributed by atoms with van der Waals surface area (Å²) in [5.74, 6) is 0.407. The number of hydrogen-bond donors (Lipinski definition) is 0. The van der Waals surface area contributed by atoms with Crippen molar-refractivity contribution >= 4 is 28.6 Å². The monoisotopic (exact) mass is 272 g/mol. The van der Waals surface area contributed by atoms with E-state index in [-0.39, 0.29) is 5.78 Å². The molecule has 4 nitrogen and oxygen atoms in total. The highest BCUT2D eigenvalue weighted by molar-refractivity contribution is 7.99. The number of benzene rings is 1. The average Bonchev–Trinajstić information content (AvgIpc) is 3.01. The van der Waals surface area contributed by atoms with Gasteiger partial charge in [0.05, 0.1) is 5.75 Å². The van der Waals surface area contributed by atoms with E-state index in [9.17, 15) is 4.79 Å². The molecule has 0 aliphatic heterocycles. The normalized spacial score (nSPS) is 11.0. The molecule has 0 fully saturated rings. The lowest BCUT2D eigenvalue weighted by Crippen LogP contribution is -2.00. The van der Waals surface area contributed by atoms with Crippen LogP contribution in [0.25, 0.3) is 11.1 Å². The summed E-state index contributed by atoms with van der Waals surface area (Å²) in [5.41, 5.74) is 2.28. The lowest BCUT2D eigenvalue weighted by molar-refractivity contribution is 0.102. The first kappa shape index (κ1) is 12.0. The Labute approximate surface area is 114 Å². The fourth-order valence-corrected chi connectivity index (χ4v) is 2.52. The van der Waals surface area contributed by atoms with Crippen molar-refractivity contribution in [3.05, 3.63) is 48.3 Å². The van der Waals surface area contributed by atoms with Crippen LogP contribution in [0, 0.1) is 0 Å². The van der Waals surface area contributed by atoms with E-state index in [1.807, 2.05) is 54.3 Å². The van der Waals surface area contributed by atoms with Crippen LogP contribution in [0.4, 0.5) is 0 Å². The summed E-state index contributed by atoms with van der Waals surface area (Å²) >= 11 is 1.32. The molecule has 0 unspecified atom stereocenters. The van der Waals surface area contributed by atoms with Crippen LogP contribution in [-0.2, 0) is 7.05 Å². The van der Waals surface area contributed by atoms with Gasteiger partial charge in [-0.05, 0) is 18.2 Å². The molecule has 3 rings (SSSR count). The van der Waals surface area contributed by atoms with Gasteiger partial charge in [0.1, 0.15) is 5.52 Å². The number of ketones is 1. The smallest absolute Gasteiger partial charge is 0.257 e. The molecule has 0 radical (unpaired) electrons. The number of hydrogen-bond acceptors (Lipinski definition) is 4. The fourth-order valence-electron chi connectivity index (χ4n) is 1.79. The highest BCUT2D eigenvalue weighted by Gasteiger charge is 2.11. The Hall–Kier alpha value is -2.01. The standard InChI is InChI=1S/C14H12N2O2S/c1-16-7-6-10(8-16)12(17)9-19-14-15-11-4-2-3-5-13(11)18-14/h2-8H,9H2,1H3. The highest BCUT2D eigenvalue weighted by Crippen LogP contribution is 2.23. The van der Waals surface area contributed by atoms with E-state index in [1.54, 1.807) is 0 Å². The van der Waals surface area contributed by atoms with E-state index in [2.05, 4.69) is 4.98 Å². The summed E-state index contributed by atoms with van der Waals surface area (Å²) in [6, 6.07) is 9.38. The van der Waals surface area contributed by atoms with Gasteiger partial charge < -0.3 is 8.98 Å². The van der Waals surface area contributed by atoms with Crippen molar-refractivity contribution in [1.29, 1.82) is 0 Å². The number of carbonyl (C=O) groups is 1. The van der Waals surface area contributed by atoms with Gasteiger partial charge in [-0.3, -0.25) is 4.79 Å². The Bertz CT molecular complexity index is 697. The quantitative estimate of drug-likeness (QED) is 0.541. The second-order valence-electron chi connectivity index (χ2n) is 4.22. The fraction of sp³-hybridized carbons (Fsp3) is 0.143. The van der Waals surface area contributed by atoms with Crippen molar-refractivity contribution in [2.75, 3.05) is 5.75 Å². The zero-order valence-corrected chi connectivity index (χ0v) is 11.2. The Morgan fingerprint density at radius 2 is 2.21 bits per heavy atom. The molecule has 0 saturated carbocycles. The SMILES string of the molecule is Cn1ccc(C(=O)CSc2nc3ccccc3o2)c1. The van der Waals surface area contributed by atoms with E-state index < -0.39 is 0 Å². The molecule has 0 spiro atoms. The molecule has 0 aliphatic carbocycles. The van der Waals surface area contributed by atoms with Gasteiger partial charge in [0.2, 0.25) is 0 Å². The molecule has 96 valence electrons. The van der Waals surface area contributed by atoms with Crippen molar-refractivity contribution in [3.63, 3.8) is 0 Å². The van der Waals surface area contributed by atoms with Crippen LogP contribution in [0.2, 0.25) is 0 Å². The Kier molecular flexibility index (Phi) is 3.13. The predicted octanol–water partition coefficient (Wildman–Crippen LogP) is 3.14. The topological polar surface area (TPSA) is 48.0 Å². The Balaban J connectivity index is 1.70. The van der Waals surface area contributed by atoms with Crippen LogP contribution in [0.3, 0.4) is 0 Å². The average molecular weight is 272 g/mol. The van der Waals surface area contributed by atoms with Crippen LogP contribution in [0.15, 0.2) is 52.4 Å². The minimum absolute atomic E-state index is 0.0767. The minimum atomic E-state index is 0.0767. The molecule has 5 heteroatoms. The number of aryl methyl sites for hydroxylation is 1. The first-order valence-electron chi connectivity index (χ1n) is 5.86. The summed E-state index contributed by atoms with van der Waals surface area (Å²) in [7, 11) is 1.89. The van der Waals surface area contributed by atoms with Crippen LogP contribution < -0.4 is 0 Å². The molecular weight excluding hydrogens is 260 g/mol. The number of fused-ring (bicyclic) bond motifs is 1. The van der Waals surface area contributed by atoms with Crippen LogP contribution >= 0.6 is 11.8 Å². The number of oxazole rings is 1. The molecule has 0 bridgehead atoms. The first-order valence-corrected chi connectivity index (χ1v) is 6.84. The van der Waals surface area contributed by atoms with Crippen LogP contribution in [-0.4, -0.2) is 21.1 Å². The number of rotatable bonds is 4. The predicted molar refractivity (Wildman–Crippen MR) is 74.5 cm³/mol. The van der Waals surface area contributed by atoms with E-state index in [0.29, 0.717) is 16.5 Å². The van der Waals surface area contributed by atoms with Crippen molar-refractivity contribution in [1.82, 2.24) is 9.55 Å². The molecule has 0 atom stereocenters. The number of Topliss-reactive ketones (excluding diaryl/α,β-unsaturated/α-hetero) is 1. The van der Waals surface area contributed by atoms with Gasteiger partial charge in [-0.1, -0.05) is 23.9 Å². The Morgan fingerprint density at radius 1 is 1.37 bits per heavy atom. The molecule has 2 heterocycles. The number of nitrogens with zero attached hydrogens (tertiary/aromatic N) is 2. The summed E-state index contributed by atoms with van der Waals surface area (Å²) in [5, 5.41) is 0.533. The molecule has 19 heavy (non-hydrogen) atoms. The third kappa shape index (κ3) is 2.56. The molecule has 0 amide bonds. The van der Waals surface area contributed by atoms with Crippen LogP contribution in [0.5, 0.6) is 0 Å². The van der Waals surface area contributed by atoms with Crippen LogP contribution in [0.1, 0.15) is 10.4 Å². The summed E-state index contributed by atoms with van der Waals surface area (Å²) < 4.78 is 7.41. The number of thioether (sulfide) groups is 1. The molecule has 1 aromatic carbocycles. The zero-order valence-electron chi connectivity index (χ0n) is 10.4. The molecule has 3 aromatic rings. The minimum Gasteiger partial charge on any atom is -0.431 e. The summed E-state index contributed by atoms with van der Waals surface area (Å²) in [6.07, 6.45) is 3.67. The maximum Gasteiger partial charge on any atom is 0.257 e. The first-order chi connectivity index (χ1) is 9.22. The number of para-hydroxylation sites is 2. The molecular formula is C14H12N2O2S. The summed E-state index contributed by atoms with van der Waals surface area (Å²) in [6.45, 7) is 0. The molecule has 2 aromatic heterocycles. The molecule has 0 N–H and O–H groups in total. The highest BCUT2D eigenvalue weighted by atomic mass is 32.2. The van der Waals surface area contributed by atoms with Gasteiger partial charge in [0.25, 0.3) is 5.22 Å². The van der Waals surface area contributed by atoms with Gasteiger partial charge in [0.15, 0.2) is 11.4 Å². The van der Waals surface area contributed by atoms with Gasteiger partial charge in [-0.25, -0.2) is 4.98 Å². The third-order valence-corrected chi connectivity index (χ3v) is 3.58. The third-order valence-electron chi connectivity index (χ3n) is 2.75. The van der Waals surface area contributed by atoms with E-state index in [1.165, 1.54) is 11.8 Å². The van der Waals surface area contributed by atoms with E-state index in [4.69, 9.17) is 4.42 Å². The van der Waals surface area contributed by atoms with E-state index in [0.717, 1.165) is 11.1 Å². The second-order valence-corrected chi connectivity index (χ2v) is 5.15. The van der Waals surface area contributed by atoms with Crippen molar-refractivity contribution in [3.8, 4) is 0 Å². The lowest BCUT2D eigenvalue weighted by Gasteiger charge is -1.94. The molecule has 0 aliphatic rings. The number of carbonyl (C=O) groups excluding carboxylic acids is 1. The van der Waals surface area contributed by atoms with E-state index >= 15 is 0 Å². The van der Waals surface area contributed by atoms with Gasteiger partial charge in [-0.2, -0.15) is 0 Å². The van der Waals surface area contributed by atoms with Crippen molar-refractivity contribution < 1.29 is 9.21 Å². The maximum absolute atomic E-state index is 11.9. The lowest BCUT2D eigenvalue weighted by atomic mass is 10.2. The number of aromatic nitrogens is 2. The van der Waals surface area contributed by atoms with Gasteiger partial charge >= 0.3 is 0 Å². The Morgan fingerprint density at radius 3 is 2.95 bits per heavy atom. The maximum atomic E-state index is 11.9. The van der Waals surface area contributed by atoms with Gasteiger partial charge in [0, 0.05) is 25.0 Å². The van der Waals surface area contributed by atoms with Crippen molar-refractivity contribution in [2.45, 2.75) is 5.22 Å². The molecule has 0 saturated heterocycles.